The molecule has 1 aliphatic carbocycles. The Labute approximate surface area is 126 Å². The van der Waals surface area contributed by atoms with Crippen LogP contribution in [0.5, 0.6) is 0 Å². The van der Waals surface area contributed by atoms with E-state index in [1.165, 1.54) is 70.6 Å². The van der Waals surface area contributed by atoms with Gasteiger partial charge in [0.2, 0.25) is 0 Å². The Morgan fingerprint density at radius 2 is 1.25 bits per heavy atom. The summed E-state index contributed by atoms with van der Waals surface area (Å²) in [7, 11) is 0. The molecule has 1 unspecified atom stereocenters. The molecule has 0 heterocycles. The molecule has 0 aliphatic heterocycles. The van der Waals surface area contributed by atoms with Crippen LogP contribution in [0.4, 0.5) is 4.39 Å². The van der Waals surface area contributed by atoms with Crippen LogP contribution in [0.2, 0.25) is 0 Å². The Morgan fingerprint density at radius 1 is 0.800 bits per heavy atom. The highest BCUT2D eigenvalue weighted by atomic mass is 19.1. The molecule has 1 rings (SSSR count). The molecule has 20 heavy (non-hydrogen) atoms. The number of rotatable bonds is 13. The molecule has 0 aromatic rings. The summed E-state index contributed by atoms with van der Waals surface area (Å²) in [6.45, 7) is 6.84. The largest absolute Gasteiger partial charge is 0.250 e. The standard InChI is InChI=1S/C19H37F/c1-4-6-8-10-12-14-18(3,13-11-9-7-5-2)19(17-20)15-16-19/h4-17H2,1-3H3. The summed E-state index contributed by atoms with van der Waals surface area (Å²) in [5.41, 5.74) is 0.353. The van der Waals surface area contributed by atoms with Gasteiger partial charge in [-0.15, -0.1) is 0 Å². The van der Waals surface area contributed by atoms with Gasteiger partial charge in [0.15, 0.2) is 0 Å². The number of unbranched alkanes of at least 4 members (excludes halogenated alkanes) is 7. The molecule has 0 N–H and O–H groups in total. The average molecular weight is 285 g/mol. The van der Waals surface area contributed by atoms with Crippen LogP contribution < -0.4 is 0 Å². The van der Waals surface area contributed by atoms with Crippen molar-refractivity contribution in [2.45, 2.75) is 104 Å². The Morgan fingerprint density at radius 3 is 1.65 bits per heavy atom. The van der Waals surface area contributed by atoms with Crippen molar-refractivity contribution in [3.05, 3.63) is 0 Å². The third-order valence-corrected chi connectivity index (χ3v) is 5.80. The fraction of sp³-hybridized carbons (Fsp3) is 1.00. The van der Waals surface area contributed by atoms with Crippen molar-refractivity contribution in [2.75, 3.05) is 6.67 Å². The van der Waals surface area contributed by atoms with Gasteiger partial charge in [-0.2, -0.15) is 0 Å². The Hall–Kier alpha value is -0.0700. The van der Waals surface area contributed by atoms with Gasteiger partial charge in [0.25, 0.3) is 0 Å². The zero-order valence-electron chi connectivity index (χ0n) is 14.3. The Kier molecular flexibility index (Phi) is 8.14. The molecule has 0 amide bonds. The van der Waals surface area contributed by atoms with E-state index in [9.17, 15) is 4.39 Å². The maximum absolute atomic E-state index is 13.5. The molecular formula is C19H37F. The second kappa shape index (κ2) is 9.05. The third-order valence-electron chi connectivity index (χ3n) is 5.80. The molecule has 0 radical (unpaired) electrons. The smallest absolute Gasteiger partial charge is 0.0955 e. The van der Waals surface area contributed by atoms with E-state index in [-0.39, 0.29) is 17.5 Å². The molecule has 0 aromatic carbocycles. The van der Waals surface area contributed by atoms with Crippen molar-refractivity contribution in [2.24, 2.45) is 10.8 Å². The SMILES string of the molecule is CCCCCCCC(C)(CCCCCC)C1(CF)CC1. The van der Waals surface area contributed by atoms with Crippen LogP contribution in [0.3, 0.4) is 0 Å². The molecule has 0 bridgehead atoms. The second-order valence-electron chi connectivity index (χ2n) is 7.45. The van der Waals surface area contributed by atoms with Crippen LogP contribution in [0, 0.1) is 10.8 Å². The maximum atomic E-state index is 13.5. The van der Waals surface area contributed by atoms with E-state index in [1.807, 2.05) is 0 Å². The van der Waals surface area contributed by atoms with Crippen LogP contribution in [0.25, 0.3) is 0 Å². The van der Waals surface area contributed by atoms with Crippen LogP contribution in [-0.2, 0) is 0 Å². The van der Waals surface area contributed by atoms with Crippen LogP contribution in [0.15, 0.2) is 0 Å². The first-order valence-corrected chi connectivity index (χ1v) is 9.20. The van der Waals surface area contributed by atoms with Crippen molar-refractivity contribution < 1.29 is 4.39 Å². The van der Waals surface area contributed by atoms with Gasteiger partial charge < -0.3 is 0 Å². The van der Waals surface area contributed by atoms with Crippen molar-refractivity contribution in [1.82, 2.24) is 0 Å². The molecule has 0 saturated heterocycles. The van der Waals surface area contributed by atoms with Gasteiger partial charge in [-0.1, -0.05) is 78.6 Å². The van der Waals surface area contributed by atoms with E-state index in [0.29, 0.717) is 0 Å². The molecule has 1 saturated carbocycles. The van der Waals surface area contributed by atoms with Crippen molar-refractivity contribution in [1.29, 1.82) is 0 Å². The van der Waals surface area contributed by atoms with Crippen LogP contribution in [0.1, 0.15) is 104 Å². The molecule has 1 atom stereocenters. The highest BCUT2D eigenvalue weighted by Gasteiger charge is 2.55. The van der Waals surface area contributed by atoms with E-state index in [1.54, 1.807) is 0 Å². The lowest BCUT2D eigenvalue weighted by atomic mass is 9.68. The van der Waals surface area contributed by atoms with E-state index in [0.717, 1.165) is 12.8 Å². The van der Waals surface area contributed by atoms with Crippen LogP contribution >= 0.6 is 0 Å². The van der Waals surface area contributed by atoms with Gasteiger partial charge in [0.1, 0.15) is 0 Å². The first-order valence-electron chi connectivity index (χ1n) is 9.20. The minimum Gasteiger partial charge on any atom is -0.250 e. The lowest BCUT2D eigenvalue weighted by Gasteiger charge is -2.37. The van der Waals surface area contributed by atoms with E-state index in [2.05, 4.69) is 20.8 Å². The highest BCUT2D eigenvalue weighted by molar-refractivity contribution is 5.04. The van der Waals surface area contributed by atoms with Gasteiger partial charge in [-0.3, -0.25) is 4.39 Å². The van der Waals surface area contributed by atoms with Crippen molar-refractivity contribution in [3.63, 3.8) is 0 Å². The first-order chi connectivity index (χ1) is 9.64. The predicted octanol–water partition coefficient (Wildman–Crippen LogP) is 7.07. The number of hydrogen-bond acceptors (Lipinski definition) is 0. The van der Waals surface area contributed by atoms with E-state index >= 15 is 0 Å². The van der Waals surface area contributed by atoms with Gasteiger partial charge >= 0.3 is 0 Å². The van der Waals surface area contributed by atoms with Gasteiger partial charge in [0.05, 0.1) is 6.67 Å². The first kappa shape index (κ1) is 18.0. The lowest BCUT2D eigenvalue weighted by molar-refractivity contribution is 0.0929. The summed E-state index contributed by atoms with van der Waals surface area (Å²) in [6, 6.07) is 0. The summed E-state index contributed by atoms with van der Waals surface area (Å²) >= 11 is 0. The third kappa shape index (κ3) is 5.04. The molecule has 120 valence electrons. The summed E-state index contributed by atoms with van der Waals surface area (Å²) in [5.74, 6) is 0. The van der Waals surface area contributed by atoms with Crippen molar-refractivity contribution >= 4 is 0 Å². The minimum atomic E-state index is -0.0771. The quantitative estimate of drug-likeness (QED) is 0.317. The van der Waals surface area contributed by atoms with Gasteiger partial charge in [-0.25, -0.2) is 0 Å². The number of hydrogen-bond donors (Lipinski definition) is 0. The van der Waals surface area contributed by atoms with E-state index < -0.39 is 0 Å². The summed E-state index contributed by atoms with van der Waals surface area (Å²) < 4.78 is 13.5. The highest BCUT2D eigenvalue weighted by Crippen LogP contribution is 2.62. The predicted molar refractivity (Wildman–Crippen MR) is 87.9 cm³/mol. The number of alkyl halides is 1. The van der Waals surface area contributed by atoms with E-state index in [4.69, 9.17) is 0 Å². The molecule has 0 spiro atoms. The molecule has 1 aliphatic rings. The fourth-order valence-corrected chi connectivity index (χ4v) is 3.77. The summed E-state index contributed by atoms with van der Waals surface area (Å²) in [4.78, 5) is 0. The van der Waals surface area contributed by atoms with Gasteiger partial charge in [0, 0.05) is 5.41 Å². The fourth-order valence-electron chi connectivity index (χ4n) is 3.77. The Balaban J connectivity index is 2.39. The molecule has 1 fully saturated rings. The van der Waals surface area contributed by atoms with Crippen LogP contribution in [-0.4, -0.2) is 6.67 Å². The topological polar surface area (TPSA) is 0 Å². The second-order valence-corrected chi connectivity index (χ2v) is 7.45. The monoisotopic (exact) mass is 284 g/mol. The zero-order chi connectivity index (χ0) is 14.9. The molecule has 1 heteroatoms. The average Bonchev–Trinajstić information content (AvgIpc) is 3.25. The summed E-state index contributed by atoms with van der Waals surface area (Å²) in [6.07, 6.45) is 16.8. The maximum Gasteiger partial charge on any atom is 0.0955 e. The molecule has 0 nitrogen and oxygen atoms in total. The normalized spacial score (nSPS) is 19.8. The zero-order valence-corrected chi connectivity index (χ0v) is 14.3. The molecular weight excluding hydrogens is 247 g/mol. The van der Waals surface area contributed by atoms with Crippen molar-refractivity contribution in [3.8, 4) is 0 Å². The Bertz CT molecular complexity index is 244. The summed E-state index contributed by atoms with van der Waals surface area (Å²) in [5, 5.41) is 0. The van der Waals surface area contributed by atoms with Gasteiger partial charge in [-0.05, 0) is 31.1 Å². The lowest BCUT2D eigenvalue weighted by Crippen LogP contribution is -2.31. The number of halogens is 1. The molecule has 0 aromatic heterocycles. The minimum absolute atomic E-state index is 0.0734.